The van der Waals surface area contributed by atoms with Crippen molar-refractivity contribution < 1.29 is 5.11 Å². The molecule has 0 aliphatic heterocycles. The van der Waals surface area contributed by atoms with Gasteiger partial charge in [-0.05, 0) is 45.4 Å². The molecule has 0 aliphatic rings. The number of aromatic nitrogens is 2. The first-order valence-corrected chi connectivity index (χ1v) is 7.11. The van der Waals surface area contributed by atoms with Gasteiger partial charge in [-0.1, -0.05) is 0 Å². The van der Waals surface area contributed by atoms with Gasteiger partial charge in [-0.3, -0.25) is 4.68 Å². The third-order valence-electron chi connectivity index (χ3n) is 3.13. The minimum absolute atomic E-state index is 0.434. The number of aryl methyl sites for hydroxylation is 4. The maximum absolute atomic E-state index is 10.4. The van der Waals surface area contributed by atoms with Crippen LogP contribution in [0.2, 0.25) is 0 Å². The van der Waals surface area contributed by atoms with Gasteiger partial charge in [-0.2, -0.15) is 5.10 Å². The number of aliphatic hydroxyl groups is 1. The Labute approximate surface area is 112 Å². The molecular weight excluding hydrogens is 244 g/mol. The van der Waals surface area contributed by atoms with Crippen molar-refractivity contribution in [3.8, 4) is 0 Å². The molecule has 98 valence electrons. The standard InChI is InChI=1S/C14H20N2OS/c1-5-16-12(6-9(2)15-16)8-14(17)13-7-10(3)18-11(13)4/h6-7,14,17H,5,8H2,1-4H3. The van der Waals surface area contributed by atoms with Crippen LogP contribution in [0.4, 0.5) is 0 Å². The summed E-state index contributed by atoms with van der Waals surface area (Å²) in [6.45, 7) is 9.05. The van der Waals surface area contributed by atoms with Crippen LogP contribution in [0.5, 0.6) is 0 Å². The van der Waals surface area contributed by atoms with Gasteiger partial charge in [0.15, 0.2) is 0 Å². The molecule has 1 unspecified atom stereocenters. The van der Waals surface area contributed by atoms with Crippen molar-refractivity contribution in [3.05, 3.63) is 38.8 Å². The quantitative estimate of drug-likeness (QED) is 0.921. The molecule has 0 saturated heterocycles. The van der Waals surface area contributed by atoms with E-state index >= 15 is 0 Å². The summed E-state index contributed by atoms with van der Waals surface area (Å²) in [4.78, 5) is 2.46. The van der Waals surface area contributed by atoms with E-state index in [0.717, 1.165) is 23.5 Å². The fourth-order valence-electron chi connectivity index (χ4n) is 2.33. The highest BCUT2D eigenvalue weighted by atomic mass is 32.1. The molecule has 1 atom stereocenters. The largest absolute Gasteiger partial charge is 0.388 e. The van der Waals surface area contributed by atoms with Crippen molar-refractivity contribution in [3.63, 3.8) is 0 Å². The van der Waals surface area contributed by atoms with Crippen LogP contribution < -0.4 is 0 Å². The molecule has 2 rings (SSSR count). The highest BCUT2D eigenvalue weighted by Gasteiger charge is 2.16. The Kier molecular flexibility index (Phi) is 3.88. The molecule has 18 heavy (non-hydrogen) atoms. The molecular formula is C14H20N2OS. The van der Waals surface area contributed by atoms with Crippen molar-refractivity contribution >= 4 is 11.3 Å². The summed E-state index contributed by atoms with van der Waals surface area (Å²) >= 11 is 1.74. The first kappa shape index (κ1) is 13.3. The van der Waals surface area contributed by atoms with Crippen molar-refractivity contribution in [1.29, 1.82) is 0 Å². The lowest BCUT2D eigenvalue weighted by Crippen LogP contribution is -2.08. The smallest absolute Gasteiger partial charge is 0.0856 e. The number of rotatable bonds is 4. The molecule has 0 aromatic carbocycles. The number of hydrogen-bond donors (Lipinski definition) is 1. The van der Waals surface area contributed by atoms with E-state index < -0.39 is 6.10 Å². The van der Waals surface area contributed by atoms with Crippen LogP contribution in [0.1, 0.15) is 39.7 Å². The maximum Gasteiger partial charge on any atom is 0.0856 e. The molecule has 0 bridgehead atoms. The van der Waals surface area contributed by atoms with Crippen molar-refractivity contribution in [2.45, 2.75) is 46.8 Å². The second-order valence-corrected chi connectivity index (χ2v) is 6.14. The highest BCUT2D eigenvalue weighted by molar-refractivity contribution is 7.12. The zero-order chi connectivity index (χ0) is 13.3. The van der Waals surface area contributed by atoms with Crippen molar-refractivity contribution in [1.82, 2.24) is 9.78 Å². The summed E-state index contributed by atoms with van der Waals surface area (Å²) in [6.07, 6.45) is 0.197. The summed E-state index contributed by atoms with van der Waals surface area (Å²) in [6, 6.07) is 4.14. The van der Waals surface area contributed by atoms with E-state index in [9.17, 15) is 5.11 Å². The molecule has 1 N–H and O–H groups in total. The number of thiophene rings is 1. The van der Waals surface area contributed by atoms with Gasteiger partial charge in [-0.15, -0.1) is 11.3 Å². The molecule has 0 spiro atoms. The van der Waals surface area contributed by atoms with Crippen LogP contribution >= 0.6 is 11.3 Å². The Morgan fingerprint density at radius 3 is 2.61 bits per heavy atom. The van der Waals surface area contributed by atoms with E-state index in [2.05, 4.69) is 38.0 Å². The molecule has 3 nitrogen and oxygen atoms in total. The molecule has 2 aromatic rings. The van der Waals surface area contributed by atoms with Crippen LogP contribution in [-0.2, 0) is 13.0 Å². The van der Waals surface area contributed by atoms with Gasteiger partial charge >= 0.3 is 0 Å². The Hall–Kier alpha value is -1.13. The van der Waals surface area contributed by atoms with Crippen molar-refractivity contribution in [2.75, 3.05) is 0 Å². The molecule has 0 fully saturated rings. The van der Waals surface area contributed by atoms with Gasteiger partial charge in [-0.25, -0.2) is 0 Å². The van der Waals surface area contributed by atoms with E-state index in [1.807, 2.05) is 11.6 Å². The van der Waals surface area contributed by atoms with E-state index in [-0.39, 0.29) is 0 Å². The minimum Gasteiger partial charge on any atom is -0.388 e. The van der Waals surface area contributed by atoms with Gasteiger partial charge < -0.3 is 5.11 Å². The zero-order valence-electron chi connectivity index (χ0n) is 11.4. The van der Waals surface area contributed by atoms with Gasteiger partial charge in [0.25, 0.3) is 0 Å². The normalized spacial score (nSPS) is 12.9. The third-order valence-corrected chi connectivity index (χ3v) is 4.11. The van der Waals surface area contributed by atoms with Gasteiger partial charge in [0.05, 0.1) is 11.8 Å². The predicted molar refractivity (Wildman–Crippen MR) is 75.1 cm³/mol. The molecule has 4 heteroatoms. The van der Waals surface area contributed by atoms with E-state index in [4.69, 9.17) is 0 Å². The minimum atomic E-state index is -0.434. The summed E-state index contributed by atoms with van der Waals surface area (Å²) in [5.74, 6) is 0. The van der Waals surface area contributed by atoms with Crippen LogP contribution in [0.15, 0.2) is 12.1 Å². The van der Waals surface area contributed by atoms with Crippen LogP contribution in [-0.4, -0.2) is 14.9 Å². The molecule has 2 heterocycles. The number of aliphatic hydroxyl groups excluding tert-OH is 1. The first-order chi connectivity index (χ1) is 8.51. The van der Waals surface area contributed by atoms with Gasteiger partial charge in [0.1, 0.15) is 0 Å². The summed E-state index contributed by atoms with van der Waals surface area (Å²) < 4.78 is 1.97. The summed E-state index contributed by atoms with van der Waals surface area (Å²) in [5.41, 5.74) is 3.17. The monoisotopic (exact) mass is 264 g/mol. The Morgan fingerprint density at radius 1 is 1.33 bits per heavy atom. The number of nitrogens with zero attached hydrogens (tertiary/aromatic N) is 2. The maximum atomic E-state index is 10.4. The fraction of sp³-hybridized carbons (Fsp3) is 0.500. The molecule has 0 saturated carbocycles. The average molecular weight is 264 g/mol. The first-order valence-electron chi connectivity index (χ1n) is 6.29. The Bertz CT molecular complexity index is 542. The second kappa shape index (κ2) is 5.24. The van der Waals surface area contributed by atoms with E-state index in [1.165, 1.54) is 9.75 Å². The number of hydrogen-bond acceptors (Lipinski definition) is 3. The highest BCUT2D eigenvalue weighted by Crippen LogP contribution is 2.28. The summed E-state index contributed by atoms with van der Waals surface area (Å²) in [5, 5.41) is 14.8. The predicted octanol–water partition coefficient (Wildman–Crippen LogP) is 3.17. The van der Waals surface area contributed by atoms with Crippen LogP contribution in [0, 0.1) is 20.8 Å². The van der Waals surface area contributed by atoms with Gasteiger partial charge in [0, 0.05) is 28.4 Å². The van der Waals surface area contributed by atoms with E-state index in [1.54, 1.807) is 11.3 Å². The topological polar surface area (TPSA) is 38.0 Å². The Balaban J connectivity index is 2.20. The van der Waals surface area contributed by atoms with E-state index in [0.29, 0.717) is 6.42 Å². The fourth-order valence-corrected chi connectivity index (χ4v) is 3.31. The lowest BCUT2D eigenvalue weighted by atomic mass is 10.1. The average Bonchev–Trinajstić information content (AvgIpc) is 2.81. The third kappa shape index (κ3) is 2.65. The molecule has 0 aliphatic carbocycles. The SMILES string of the molecule is CCn1nc(C)cc1CC(O)c1cc(C)sc1C. The van der Waals surface area contributed by atoms with Crippen molar-refractivity contribution in [2.24, 2.45) is 0 Å². The Morgan fingerprint density at radius 2 is 2.06 bits per heavy atom. The second-order valence-electron chi connectivity index (χ2n) is 4.68. The van der Waals surface area contributed by atoms with Crippen LogP contribution in [0.3, 0.4) is 0 Å². The molecule has 0 radical (unpaired) electrons. The van der Waals surface area contributed by atoms with Gasteiger partial charge in [0.2, 0.25) is 0 Å². The zero-order valence-corrected chi connectivity index (χ0v) is 12.2. The lowest BCUT2D eigenvalue weighted by Gasteiger charge is -2.11. The summed E-state index contributed by atoms with van der Waals surface area (Å²) in [7, 11) is 0. The molecule has 0 amide bonds. The lowest BCUT2D eigenvalue weighted by molar-refractivity contribution is 0.175. The molecule has 2 aromatic heterocycles. The van der Waals surface area contributed by atoms with Crippen LogP contribution in [0.25, 0.3) is 0 Å².